The van der Waals surface area contributed by atoms with E-state index < -0.39 is 50.6 Å². The largest absolute Gasteiger partial charge is 0.479 e. The first-order valence-corrected chi connectivity index (χ1v) is 9.78. The van der Waals surface area contributed by atoms with Gasteiger partial charge in [-0.3, -0.25) is 9.13 Å². The molecule has 28 heavy (non-hydrogen) atoms. The summed E-state index contributed by atoms with van der Waals surface area (Å²) in [5, 5.41) is 29.4. The SMILES string of the molecule is Cc1nc(C)c2ncn([C@@H]3O[C@H](COC(C(=O)O)P(=O)(O)O)[C@@H](O)[C@H]3O)c2n1. The number of imidazole rings is 1. The summed E-state index contributed by atoms with van der Waals surface area (Å²) in [6, 6.07) is 0. The molecule has 1 aliphatic rings. The third-order valence-corrected chi connectivity index (χ3v) is 5.23. The van der Waals surface area contributed by atoms with Crippen molar-refractivity contribution in [1.29, 1.82) is 0 Å². The fraction of sp³-hybridized carbons (Fsp3) is 0.571. The van der Waals surface area contributed by atoms with Crippen molar-refractivity contribution < 1.29 is 43.9 Å². The maximum Gasteiger partial charge on any atom is 0.365 e. The molecule has 5 N–H and O–H groups in total. The lowest BCUT2D eigenvalue weighted by Gasteiger charge is -2.19. The highest BCUT2D eigenvalue weighted by atomic mass is 31.2. The topological polar surface area (TPSA) is 197 Å². The van der Waals surface area contributed by atoms with E-state index >= 15 is 0 Å². The average molecular weight is 418 g/mol. The van der Waals surface area contributed by atoms with Crippen LogP contribution >= 0.6 is 7.60 Å². The Kier molecular flexibility index (Phi) is 5.51. The van der Waals surface area contributed by atoms with Crippen molar-refractivity contribution in [2.75, 3.05) is 6.61 Å². The summed E-state index contributed by atoms with van der Waals surface area (Å²) < 4.78 is 22.9. The number of aliphatic hydroxyl groups excluding tert-OH is 2. The third-order valence-electron chi connectivity index (χ3n) is 4.25. The standard InChI is InChI=1S/C14H19N4O9P/c1-5-8-11(17-6(2)16-5)18(4-15-8)12-10(20)9(19)7(27-12)3-26-14(13(21)22)28(23,24)25/h4,7,9-10,12,14,19-20H,3H2,1-2H3,(H,21,22)(H2,23,24,25)/t7-,9-,10-,12-,14?/m1/s1. The van der Waals surface area contributed by atoms with Gasteiger partial charge in [-0.05, 0) is 13.8 Å². The Bertz CT molecular complexity index is 944. The highest BCUT2D eigenvalue weighted by molar-refractivity contribution is 7.53. The monoisotopic (exact) mass is 418 g/mol. The summed E-state index contributed by atoms with van der Waals surface area (Å²) in [5.41, 5.74) is 1.45. The fourth-order valence-corrected chi connectivity index (χ4v) is 3.54. The number of fused-ring (bicyclic) bond motifs is 1. The zero-order valence-electron chi connectivity index (χ0n) is 14.8. The molecule has 0 spiro atoms. The van der Waals surface area contributed by atoms with Gasteiger partial charge in [-0.2, -0.15) is 0 Å². The molecule has 1 fully saturated rings. The Balaban J connectivity index is 1.81. The van der Waals surface area contributed by atoms with Crippen molar-refractivity contribution >= 4 is 24.7 Å². The van der Waals surface area contributed by atoms with E-state index in [4.69, 9.17) is 24.4 Å². The maximum atomic E-state index is 11.2. The summed E-state index contributed by atoms with van der Waals surface area (Å²) >= 11 is 0. The Labute approximate surface area is 157 Å². The second-order valence-corrected chi connectivity index (χ2v) is 7.99. The molecule has 1 unspecified atom stereocenters. The summed E-state index contributed by atoms with van der Waals surface area (Å²) in [6.45, 7) is 2.74. The number of aliphatic hydroxyl groups is 2. The van der Waals surface area contributed by atoms with Gasteiger partial charge < -0.3 is 34.6 Å². The number of aliphatic carboxylic acids is 1. The zero-order chi connectivity index (χ0) is 20.8. The molecule has 1 saturated heterocycles. The minimum absolute atomic E-state index is 0.362. The molecule has 0 amide bonds. The number of carbonyl (C=O) groups is 1. The van der Waals surface area contributed by atoms with Gasteiger partial charge in [-0.25, -0.2) is 19.7 Å². The molecule has 14 heteroatoms. The first kappa shape index (κ1) is 20.7. The minimum Gasteiger partial charge on any atom is -0.479 e. The molecule has 1 aliphatic heterocycles. The molecule has 154 valence electrons. The fourth-order valence-electron chi connectivity index (χ4n) is 2.98. The van der Waals surface area contributed by atoms with Crippen LogP contribution in [0.1, 0.15) is 17.7 Å². The number of carboxylic acid groups (broad SMARTS) is 1. The van der Waals surface area contributed by atoms with Crippen LogP contribution < -0.4 is 0 Å². The highest BCUT2D eigenvalue weighted by Gasteiger charge is 2.46. The van der Waals surface area contributed by atoms with Crippen LogP contribution in [0, 0.1) is 13.8 Å². The molecule has 5 atom stereocenters. The van der Waals surface area contributed by atoms with Gasteiger partial charge in [-0.15, -0.1) is 0 Å². The van der Waals surface area contributed by atoms with Gasteiger partial charge in [0, 0.05) is 0 Å². The van der Waals surface area contributed by atoms with E-state index in [1.807, 2.05) is 0 Å². The maximum absolute atomic E-state index is 11.2. The third kappa shape index (κ3) is 3.78. The van der Waals surface area contributed by atoms with Gasteiger partial charge in [0.05, 0.1) is 18.6 Å². The normalized spacial score (nSPS) is 26.6. The lowest BCUT2D eigenvalue weighted by atomic mass is 10.1. The smallest absolute Gasteiger partial charge is 0.365 e. The first-order valence-electron chi connectivity index (χ1n) is 8.09. The van der Waals surface area contributed by atoms with E-state index in [2.05, 4.69) is 15.0 Å². The minimum atomic E-state index is -5.08. The lowest BCUT2D eigenvalue weighted by Crippen LogP contribution is -2.36. The molecule has 0 saturated carbocycles. The van der Waals surface area contributed by atoms with Crippen LogP contribution in [0.25, 0.3) is 11.2 Å². The molecular weight excluding hydrogens is 399 g/mol. The van der Waals surface area contributed by atoms with Crippen LogP contribution in [-0.4, -0.2) is 81.4 Å². The summed E-state index contributed by atoms with van der Waals surface area (Å²) in [7, 11) is -5.08. The number of hydrogen-bond donors (Lipinski definition) is 5. The van der Waals surface area contributed by atoms with E-state index in [-0.39, 0.29) is 0 Å². The van der Waals surface area contributed by atoms with Crippen LogP contribution in [-0.2, 0) is 18.8 Å². The average Bonchev–Trinajstić information content (AvgIpc) is 3.09. The lowest BCUT2D eigenvalue weighted by molar-refractivity contribution is -0.149. The molecule has 13 nitrogen and oxygen atoms in total. The van der Waals surface area contributed by atoms with Crippen molar-refractivity contribution in [3.05, 3.63) is 17.8 Å². The predicted octanol–water partition coefficient (Wildman–Crippen LogP) is -1.33. The number of aromatic nitrogens is 4. The number of nitrogens with zero attached hydrogens (tertiary/aromatic N) is 4. The van der Waals surface area contributed by atoms with Gasteiger partial charge in [0.1, 0.15) is 29.7 Å². The molecule has 0 aromatic carbocycles. The van der Waals surface area contributed by atoms with Crippen molar-refractivity contribution in [2.45, 2.75) is 44.2 Å². The van der Waals surface area contributed by atoms with Crippen molar-refractivity contribution in [1.82, 2.24) is 19.5 Å². The van der Waals surface area contributed by atoms with Crippen molar-refractivity contribution in [3.8, 4) is 0 Å². The van der Waals surface area contributed by atoms with Crippen molar-refractivity contribution in [3.63, 3.8) is 0 Å². The van der Waals surface area contributed by atoms with Gasteiger partial charge in [0.2, 0.25) is 0 Å². The molecule has 2 aromatic rings. The second-order valence-electron chi connectivity index (χ2n) is 6.34. The molecule has 0 aliphatic carbocycles. The molecule has 3 rings (SSSR count). The Morgan fingerprint density at radius 1 is 1.32 bits per heavy atom. The Hall–Kier alpha value is -1.99. The van der Waals surface area contributed by atoms with Crippen LogP contribution in [0.15, 0.2) is 6.33 Å². The van der Waals surface area contributed by atoms with Crippen LogP contribution in [0.2, 0.25) is 0 Å². The predicted molar refractivity (Wildman–Crippen MR) is 90.1 cm³/mol. The number of carboxylic acids is 1. The first-order chi connectivity index (χ1) is 13.0. The Morgan fingerprint density at radius 2 is 2.00 bits per heavy atom. The summed E-state index contributed by atoms with van der Waals surface area (Å²) in [6.07, 6.45) is -3.96. The molecule has 0 bridgehead atoms. The van der Waals surface area contributed by atoms with E-state index in [0.29, 0.717) is 22.7 Å². The van der Waals surface area contributed by atoms with E-state index in [1.54, 1.807) is 13.8 Å². The number of ether oxygens (including phenoxy) is 2. The number of aryl methyl sites for hydroxylation is 2. The molecule has 3 heterocycles. The Morgan fingerprint density at radius 3 is 2.61 bits per heavy atom. The second kappa shape index (κ2) is 7.44. The van der Waals surface area contributed by atoms with Crippen molar-refractivity contribution in [2.24, 2.45) is 0 Å². The van der Waals surface area contributed by atoms with E-state index in [0.717, 1.165) is 0 Å². The van der Waals surface area contributed by atoms with Gasteiger partial charge in [-0.1, -0.05) is 0 Å². The van der Waals surface area contributed by atoms with E-state index in [9.17, 15) is 19.6 Å². The van der Waals surface area contributed by atoms with Crippen LogP contribution in [0.5, 0.6) is 0 Å². The van der Waals surface area contributed by atoms with Gasteiger partial charge in [0.25, 0.3) is 5.85 Å². The van der Waals surface area contributed by atoms with Gasteiger partial charge in [0.15, 0.2) is 11.9 Å². The highest BCUT2D eigenvalue weighted by Crippen LogP contribution is 2.42. The molecule has 0 radical (unpaired) electrons. The summed E-state index contributed by atoms with van der Waals surface area (Å²) in [4.78, 5) is 41.7. The number of rotatable bonds is 6. The quantitative estimate of drug-likeness (QED) is 0.347. The van der Waals surface area contributed by atoms with E-state index in [1.165, 1.54) is 10.9 Å². The molecular formula is C14H19N4O9P. The van der Waals surface area contributed by atoms with Crippen LogP contribution in [0.3, 0.4) is 0 Å². The number of hydrogen-bond acceptors (Lipinski definition) is 9. The van der Waals surface area contributed by atoms with Crippen LogP contribution in [0.4, 0.5) is 0 Å². The van der Waals surface area contributed by atoms with Gasteiger partial charge >= 0.3 is 13.6 Å². The summed E-state index contributed by atoms with van der Waals surface area (Å²) in [5.74, 6) is -3.81. The molecule has 2 aromatic heterocycles. The zero-order valence-corrected chi connectivity index (χ0v) is 15.7.